The zero-order valence-corrected chi connectivity index (χ0v) is 7.66. The lowest BCUT2D eigenvalue weighted by molar-refractivity contribution is -0.104. The van der Waals surface area contributed by atoms with Gasteiger partial charge in [0.15, 0.2) is 0 Å². The molecule has 1 aromatic rings. The van der Waals surface area contributed by atoms with Crippen molar-refractivity contribution in [1.82, 2.24) is 0 Å². The van der Waals surface area contributed by atoms with E-state index in [2.05, 4.69) is 0 Å². The van der Waals surface area contributed by atoms with E-state index >= 15 is 0 Å². The van der Waals surface area contributed by atoms with Gasteiger partial charge in [0, 0.05) is 5.02 Å². The lowest BCUT2D eigenvalue weighted by Gasteiger charge is -2.02. The van der Waals surface area contributed by atoms with Crippen molar-refractivity contribution in [1.29, 1.82) is 0 Å². The number of aliphatic hydroxyl groups is 1. The summed E-state index contributed by atoms with van der Waals surface area (Å²) in [5.41, 5.74) is 1.52. The molecule has 2 nitrogen and oxygen atoms in total. The number of rotatable bonds is 3. The third-order valence-corrected chi connectivity index (χ3v) is 1.86. The second kappa shape index (κ2) is 4.80. The van der Waals surface area contributed by atoms with Crippen molar-refractivity contribution < 1.29 is 9.90 Å². The maximum absolute atomic E-state index is 10.1. The van der Waals surface area contributed by atoms with Crippen LogP contribution in [-0.4, -0.2) is 11.4 Å². The topological polar surface area (TPSA) is 37.3 Å². The second-order valence-corrected chi connectivity index (χ2v) is 2.93. The van der Waals surface area contributed by atoms with Crippen LogP contribution in [0.3, 0.4) is 0 Å². The van der Waals surface area contributed by atoms with E-state index in [1.807, 2.05) is 0 Å². The van der Waals surface area contributed by atoms with E-state index in [1.54, 1.807) is 24.3 Å². The summed E-state index contributed by atoms with van der Waals surface area (Å²) in [6, 6.07) is 5.14. The number of hydrogen-bond donors (Lipinski definition) is 1. The molecule has 0 bridgehead atoms. The third-order valence-electron chi connectivity index (χ3n) is 1.63. The van der Waals surface area contributed by atoms with E-state index in [-0.39, 0.29) is 6.61 Å². The fraction of sp³-hybridized carbons (Fsp3) is 0.100. The summed E-state index contributed by atoms with van der Waals surface area (Å²) in [6.45, 7) is -0.0842. The number of halogens is 1. The minimum Gasteiger partial charge on any atom is -0.392 e. The van der Waals surface area contributed by atoms with Crippen molar-refractivity contribution in [2.45, 2.75) is 6.61 Å². The molecule has 0 aromatic heterocycles. The lowest BCUT2D eigenvalue weighted by atomic mass is 10.1. The molecular formula is C10H9ClO2. The van der Waals surface area contributed by atoms with Crippen LogP contribution in [0.1, 0.15) is 11.1 Å². The monoisotopic (exact) mass is 196 g/mol. The van der Waals surface area contributed by atoms with Crippen LogP contribution < -0.4 is 0 Å². The molecule has 0 unspecified atom stereocenters. The van der Waals surface area contributed by atoms with Crippen molar-refractivity contribution in [2.24, 2.45) is 0 Å². The van der Waals surface area contributed by atoms with Crippen LogP contribution in [0.4, 0.5) is 0 Å². The molecule has 0 aliphatic heterocycles. The summed E-state index contributed by atoms with van der Waals surface area (Å²) < 4.78 is 0. The van der Waals surface area contributed by atoms with E-state index in [1.165, 1.54) is 6.08 Å². The summed E-state index contributed by atoms with van der Waals surface area (Å²) in [4.78, 5) is 10.1. The number of allylic oxidation sites excluding steroid dienone is 1. The summed E-state index contributed by atoms with van der Waals surface area (Å²) >= 11 is 5.72. The van der Waals surface area contributed by atoms with E-state index < -0.39 is 0 Å². The Hall–Kier alpha value is -1.12. The number of carbonyl (C=O) groups excluding carboxylic acids is 1. The molecule has 0 aliphatic rings. The summed E-state index contributed by atoms with van der Waals surface area (Å²) in [5.74, 6) is 0. The Morgan fingerprint density at radius 2 is 2.23 bits per heavy atom. The Labute approximate surface area is 81.5 Å². The summed E-state index contributed by atoms with van der Waals surface area (Å²) in [7, 11) is 0. The smallest absolute Gasteiger partial charge is 0.142 e. The van der Waals surface area contributed by atoms with Crippen LogP contribution in [0, 0.1) is 0 Å². The molecule has 13 heavy (non-hydrogen) atoms. The predicted molar refractivity (Wildman–Crippen MR) is 52.5 cm³/mol. The largest absolute Gasteiger partial charge is 0.392 e. The van der Waals surface area contributed by atoms with Crippen LogP contribution in [0.15, 0.2) is 24.3 Å². The Bertz CT molecular complexity index is 332. The first-order valence-corrected chi connectivity index (χ1v) is 4.17. The highest BCUT2D eigenvalue weighted by Gasteiger charge is 1.98. The van der Waals surface area contributed by atoms with Crippen molar-refractivity contribution in [3.05, 3.63) is 40.4 Å². The normalized spacial score (nSPS) is 10.6. The number of carbonyl (C=O) groups is 1. The number of aldehydes is 1. The van der Waals surface area contributed by atoms with Crippen LogP contribution >= 0.6 is 11.6 Å². The SMILES string of the molecule is O=CC=Cc1ccc(Cl)cc1CO. The van der Waals surface area contributed by atoms with E-state index in [9.17, 15) is 4.79 Å². The molecular weight excluding hydrogens is 188 g/mol. The van der Waals surface area contributed by atoms with Gasteiger partial charge < -0.3 is 5.11 Å². The number of benzene rings is 1. The highest BCUT2D eigenvalue weighted by molar-refractivity contribution is 6.30. The summed E-state index contributed by atoms with van der Waals surface area (Å²) in [5, 5.41) is 9.54. The first-order chi connectivity index (χ1) is 6.27. The lowest BCUT2D eigenvalue weighted by Crippen LogP contribution is -1.87. The van der Waals surface area contributed by atoms with Crippen LogP contribution in [0.2, 0.25) is 5.02 Å². The van der Waals surface area contributed by atoms with Gasteiger partial charge in [0.1, 0.15) is 6.29 Å². The molecule has 68 valence electrons. The van der Waals surface area contributed by atoms with Gasteiger partial charge in [-0.05, 0) is 29.3 Å². The quantitative estimate of drug-likeness (QED) is 0.594. The second-order valence-electron chi connectivity index (χ2n) is 2.50. The van der Waals surface area contributed by atoms with Gasteiger partial charge in [-0.3, -0.25) is 4.79 Å². The maximum Gasteiger partial charge on any atom is 0.142 e. The van der Waals surface area contributed by atoms with Crippen molar-refractivity contribution in [2.75, 3.05) is 0 Å². The zero-order chi connectivity index (χ0) is 9.68. The molecule has 0 aliphatic carbocycles. The minimum atomic E-state index is -0.0842. The van der Waals surface area contributed by atoms with E-state index in [0.29, 0.717) is 16.9 Å². The molecule has 0 fully saturated rings. The van der Waals surface area contributed by atoms with Gasteiger partial charge in [-0.15, -0.1) is 0 Å². The van der Waals surface area contributed by atoms with Gasteiger partial charge in [0.25, 0.3) is 0 Å². The molecule has 1 rings (SSSR count). The number of aliphatic hydroxyl groups excluding tert-OH is 1. The van der Waals surface area contributed by atoms with Crippen LogP contribution in [0.25, 0.3) is 6.08 Å². The summed E-state index contributed by atoms with van der Waals surface area (Å²) in [6.07, 6.45) is 3.70. The number of hydrogen-bond acceptors (Lipinski definition) is 2. The van der Waals surface area contributed by atoms with Gasteiger partial charge in [-0.1, -0.05) is 23.7 Å². The average Bonchev–Trinajstić information content (AvgIpc) is 2.16. The van der Waals surface area contributed by atoms with Crippen molar-refractivity contribution in [3.63, 3.8) is 0 Å². The molecule has 0 radical (unpaired) electrons. The fourth-order valence-electron chi connectivity index (χ4n) is 1.02. The molecule has 0 heterocycles. The van der Waals surface area contributed by atoms with Gasteiger partial charge >= 0.3 is 0 Å². The Morgan fingerprint density at radius 1 is 1.46 bits per heavy atom. The average molecular weight is 197 g/mol. The molecule has 1 aromatic carbocycles. The molecule has 1 N–H and O–H groups in total. The fourth-order valence-corrected chi connectivity index (χ4v) is 1.21. The Morgan fingerprint density at radius 3 is 2.85 bits per heavy atom. The molecule has 3 heteroatoms. The molecule has 0 atom stereocenters. The highest BCUT2D eigenvalue weighted by Crippen LogP contribution is 2.17. The third kappa shape index (κ3) is 2.68. The molecule has 0 saturated carbocycles. The van der Waals surface area contributed by atoms with E-state index in [0.717, 1.165) is 5.56 Å². The van der Waals surface area contributed by atoms with Crippen molar-refractivity contribution in [3.8, 4) is 0 Å². The van der Waals surface area contributed by atoms with Crippen LogP contribution in [0.5, 0.6) is 0 Å². The van der Waals surface area contributed by atoms with E-state index in [4.69, 9.17) is 16.7 Å². The highest BCUT2D eigenvalue weighted by atomic mass is 35.5. The van der Waals surface area contributed by atoms with Crippen molar-refractivity contribution >= 4 is 24.0 Å². The minimum absolute atomic E-state index is 0.0842. The molecule has 0 spiro atoms. The first kappa shape index (κ1) is 9.96. The molecule has 0 saturated heterocycles. The Kier molecular flexibility index (Phi) is 3.68. The molecule has 0 amide bonds. The standard InChI is InChI=1S/C10H9ClO2/c11-10-4-3-8(2-1-5-12)9(6-10)7-13/h1-6,13H,7H2. The van der Waals surface area contributed by atoms with Gasteiger partial charge in [-0.25, -0.2) is 0 Å². The first-order valence-electron chi connectivity index (χ1n) is 3.79. The van der Waals surface area contributed by atoms with Gasteiger partial charge in [0.05, 0.1) is 6.61 Å². The maximum atomic E-state index is 10.1. The Balaban J connectivity index is 3.05. The van der Waals surface area contributed by atoms with Gasteiger partial charge in [-0.2, -0.15) is 0 Å². The van der Waals surface area contributed by atoms with Crippen LogP contribution in [-0.2, 0) is 11.4 Å². The van der Waals surface area contributed by atoms with Gasteiger partial charge in [0.2, 0.25) is 0 Å². The zero-order valence-electron chi connectivity index (χ0n) is 6.90. The predicted octanol–water partition coefficient (Wildman–Crippen LogP) is 2.04.